The van der Waals surface area contributed by atoms with Gasteiger partial charge in [0.1, 0.15) is 5.52 Å². The molecule has 3 amide bonds. The Balaban J connectivity index is 1.21. The summed E-state index contributed by atoms with van der Waals surface area (Å²) in [4.78, 5) is 33.9. The fourth-order valence-corrected chi connectivity index (χ4v) is 4.24. The highest BCUT2D eigenvalue weighted by molar-refractivity contribution is 6.00. The Labute approximate surface area is 226 Å². The zero-order valence-electron chi connectivity index (χ0n) is 22.1. The van der Waals surface area contributed by atoms with Crippen LogP contribution in [-0.2, 0) is 4.74 Å². The highest BCUT2D eigenvalue weighted by Gasteiger charge is 2.18. The van der Waals surface area contributed by atoms with Gasteiger partial charge in [0.2, 0.25) is 0 Å². The number of hydrogen-bond acceptors (Lipinski definition) is 7. The minimum atomic E-state index is -0.384. The van der Waals surface area contributed by atoms with Gasteiger partial charge in [0.15, 0.2) is 11.6 Å². The molecule has 3 heterocycles. The number of fused-ring (bicyclic) bond motifs is 1. The summed E-state index contributed by atoms with van der Waals surface area (Å²) >= 11 is 0. The summed E-state index contributed by atoms with van der Waals surface area (Å²) in [5, 5.41) is 13.2. The predicted octanol–water partition coefficient (Wildman–Crippen LogP) is 3.17. The molecule has 5 rings (SSSR count). The smallest absolute Gasteiger partial charge is 0.323 e. The Morgan fingerprint density at radius 1 is 0.949 bits per heavy atom. The number of nitrogens with one attached hydrogen (secondary N) is 3. The lowest BCUT2D eigenvalue weighted by atomic mass is 10.2. The number of likely N-dealkylation sites (N-methyl/N-ethyl adjacent to an activating group) is 1. The molecule has 0 aliphatic carbocycles. The predicted molar refractivity (Wildman–Crippen MR) is 151 cm³/mol. The molecule has 4 aromatic rings. The van der Waals surface area contributed by atoms with Crippen molar-refractivity contribution in [3.63, 3.8) is 0 Å². The lowest BCUT2D eigenvalue weighted by Gasteiger charge is -2.28. The van der Waals surface area contributed by atoms with Crippen LogP contribution in [0.4, 0.5) is 22.0 Å². The first kappa shape index (κ1) is 26.1. The van der Waals surface area contributed by atoms with E-state index in [2.05, 4.69) is 25.9 Å². The number of ether oxygens (including phenoxy) is 1. The fraction of sp³-hybridized carbons (Fsp3) is 0.286. The zero-order valence-corrected chi connectivity index (χ0v) is 22.1. The molecule has 39 heavy (non-hydrogen) atoms. The number of carbonyl (C=O) groups is 2. The maximum Gasteiger partial charge on any atom is 0.323 e. The van der Waals surface area contributed by atoms with E-state index >= 15 is 0 Å². The van der Waals surface area contributed by atoms with E-state index < -0.39 is 0 Å². The topological polar surface area (TPSA) is 116 Å². The van der Waals surface area contributed by atoms with Gasteiger partial charge in [-0.3, -0.25) is 4.79 Å². The number of hydrogen-bond donors (Lipinski definition) is 3. The summed E-state index contributed by atoms with van der Waals surface area (Å²) in [6.07, 6.45) is 1.91. The van der Waals surface area contributed by atoms with E-state index in [1.807, 2.05) is 66.1 Å². The molecule has 0 saturated carbocycles. The molecular weight excluding hydrogens is 496 g/mol. The fourth-order valence-electron chi connectivity index (χ4n) is 4.24. The van der Waals surface area contributed by atoms with Crippen molar-refractivity contribution in [3.05, 3.63) is 72.4 Å². The summed E-state index contributed by atoms with van der Waals surface area (Å²) in [5.74, 6) is 1.33. The van der Waals surface area contributed by atoms with Crippen LogP contribution in [0.15, 0.2) is 66.9 Å². The quantitative estimate of drug-likeness (QED) is 0.322. The largest absolute Gasteiger partial charge is 0.378 e. The van der Waals surface area contributed by atoms with E-state index in [4.69, 9.17) is 9.72 Å². The van der Waals surface area contributed by atoms with Crippen LogP contribution in [0.1, 0.15) is 10.4 Å². The van der Waals surface area contributed by atoms with Gasteiger partial charge in [0.05, 0.1) is 13.2 Å². The lowest BCUT2D eigenvalue weighted by Crippen LogP contribution is -2.37. The standard InChI is InChI=1S/C28H32N8O3/c1-34(2)15-13-29-27(37)21-7-11-23(12-8-21)31-28(38)30-22-9-5-20(6-10-22)25-32-26(35-16-18-39-19-17-35)24-4-3-14-36(24)33-25/h3-12,14H,13,15-19H2,1-2H3,(H,29,37)(H2,30,31,38). The van der Waals surface area contributed by atoms with Crippen LogP contribution < -0.4 is 20.9 Å². The molecule has 0 atom stereocenters. The van der Waals surface area contributed by atoms with Crippen LogP contribution in [-0.4, -0.2) is 84.9 Å². The normalized spacial score (nSPS) is 13.5. The van der Waals surface area contributed by atoms with Crippen LogP contribution in [0.25, 0.3) is 16.9 Å². The molecule has 2 aromatic heterocycles. The number of aromatic nitrogens is 3. The van der Waals surface area contributed by atoms with Crippen molar-refractivity contribution in [1.82, 2.24) is 24.8 Å². The molecule has 2 aromatic carbocycles. The molecule has 11 heteroatoms. The SMILES string of the molecule is CN(C)CCNC(=O)c1ccc(NC(=O)Nc2ccc(-c3nc(N4CCOCC4)c4cccn4n3)cc2)cc1. The molecule has 1 aliphatic rings. The number of amides is 3. The van der Waals surface area contributed by atoms with Gasteiger partial charge in [-0.2, -0.15) is 0 Å². The molecular formula is C28H32N8O3. The first-order chi connectivity index (χ1) is 19.0. The van der Waals surface area contributed by atoms with Gasteiger partial charge in [0, 0.05) is 54.9 Å². The Morgan fingerprint density at radius 3 is 2.28 bits per heavy atom. The van der Waals surface area contributed by atoms with E-state index in [9.17, 15) is 9.59 Å². The Hall–Kier alpha value is -4.48. The van der Waals surface area contributed by atoms with Crippen molar-refractivity contribution in [2.45, 2.75) is 0 Å². The number of rotatable bonds is 8. The van der Waals surface area contributed by atoms with E-state index in [1.54, 1.807) is 24.3 Å². The van der Waals surface area contributed by atoms with Gasteiger partial charge < -0.3 is 30.5 Å². The first-order valence-electron chi connectivity index (χ1n) is 12.9. The average Bonchev–Trinajstić information content (AvgIpc) is 3.42. The number of benzene rings is 2. The molecule has 11 nitrogen and oxygen atoms in total. The van der Waals surface area contributed by atoms with Crippen molar-refractivity contribution in [3.8, 4) is 11.4 Å². The number of carbonyl (C=O) groups excluding carboxylic acids is 2. The van der Waals surface area contributed by atoms with Crippen molar-refractivity contribution < 1.29 is 14.3 Å². The monoisotopic (exact) mass is 528 g/mol. The maximum atomic E-state index is 12.5. The molecule has 3 N–H and O–H groups in total. The molecule has 1 fully saturated rings. The minimum Gasteiger partial charge on any atom is -0.378 e. The molecule has 202 valence electrons. The number of morpholine rings is 1. The summed E-state index contributed by atoms with van der Waals surface area (Å²) in [7, 11) is 3.90. The highest BCUT2D eigenvalue weighted by Crippen LogP contribution is 2.25. The second-order valence-corrected chi connectivity index (χ2v) is 9.49. The van der Waals surface area contributed by atoms with Gasteiger partial charge in [0.25, 0.3) is 5.91 Å². The van der Waals surface area contributed by atoms with E-state index in [0.717, 1.165) is 36.5 Å². The molecule has 1 saturated heterocycles. The maximum absolute atomic E-state index is 12.5. The zero-order chi connectivity index (χ0) is 27.2. The van der Waals surface area contributed by atoms with Crippen LogP contribution in [0, 0.1) is 0 Å². The third kappa shape index (κ3) is 6.51. The average molecular weight is 529 g/mol. The summed E-state index contributed by atoms with van der Waals surface area (Å²) in [6.45, 7) is 4.23. The third-order valence-electron chi connectivity index (χ3n) is 6.33. The Kier molecular flexibility index (Phi) is 7.99. The summed E-state index contributed by atoms with van der Waals surface area (Å²) < 4.78 is 7.34. The van der Waals surface area contributed by atoms with Crippen LogP contribution in [0.2, 0.25) is 0 Å². The number of urea groups is 1. The molecule has 1 aliphatic heterocycles. The first-order valence-corrected chi connectivity index (χ1v) is 12.9. The lowest BCUT2D eigenvalue weighted by molar-refractivity contribution is 0.0951. The van der Waals surface area contributed by atoms with E-state index in [1.165, 1.54) is 0 Å². The van der Waals surface area contributed by atoms with E-state index in [-0.39, 0.29) is 11.9 Å². The molecule has 0 bridgehead atoms. The molecule has 0 spiro atoms. The Morgan fingerprint density at radius 2 is 1.62 bits per heavy atom. The number of anilines is 3. The van der Waals surface area contributed by atoms with Gasteiger partial charge in [-0.15, -0.1) is 5.10 Å². The number of nitrogens with zero attached hydrogens (tertiary/aromatic N) is 5. The van der Waals surface area contributed by atoms with Crippen molar-refractivity contribution in [2.75, 3.05) is 69.0 Å². The van der Waals surface area contributed by atoms with Crippen LogP contribution in [0.5, 0.6) is 0 Å². The summed E-state index contributed by atoms with van der Waals surface area (Å²) in [6, 6.07) is 17.7. The highest BCUT2D eigenvalue weighted by atomic mass is 16.5. The van der Waals surface area contributed by atoms with E-state index in [0.29, 0.717) is 42.5 Å². The van der Waals surface area contributed by atoms with Crippen LogP contribution >= 0.6 is 0 Å². The van der Waals surface area contributed by atoms with Crippen LogP contribution in [0.3, 0.4) is 0 Å². The van der Waals surface area contributed by atoms with Gasteiger partial charge in [-0.25, -0.2) is 14.3 Å². The van der Waals surface area contributed by atoms with Gasteiger partial charge in [-0.1, -0.05) is 0 Å². The van der Waals surface area contributed by atoms with Crippen molar-refractivity contribution in [2.24, 2.45) is 0 Å². The van der Waals surface area contributed by atoms with Crippen molar-refractivity contribution in [1.29, 1.82) is 0 Å². The van der Waals surface area contributed by atoms with Gasteiger partial charge in [-0.05, 0) is 74.8 Å². The third-order valence-corrected chi connectivity index (χ3v) is 6.33. The summed E-state index contributed by atoms with van der Waals surface area (Å²) in [5.41, 5.74) is 3.54. The Bertz CT molecular complexity index is 1430. The second kappa shape index (κ2) is 11.9. The van der Waals surface area contributed by atoms with Gasteiger partial charge >= 0.3 is 6.03 Å². The minimum absolute atomic E-state index is 0.148. The molecule has 0 unspecified atom stereocenters. The van der Waals surface area contributed by atoms with Crippen molar-refractivity contribution >= 4 is 34.6 Å². The second-order valence-electron chi connectivity index (χ2n) is 9.49. The molecule has 0 radical (unpaired) electrons.